The summed E-state index contributed by atoms with van der Waals surface area (Å²) in [5.41, 5.74) is 6.80. The van der Waals surface area contributed by atoms with Gasteiger partial charge >= 0.3 is 0 Å². The lowest BCUT2D eigenvalue weighted by Gasteiger charge is -2.10. The number of benzene rings is 1. The maximum absolute atomic E-state index is 5.85. The van der Waals surface area contributed by atoms with E-state index < -0.39 is 0 Å². The number of hydrogen-bond acceptors (Lipinski definition) is 4. The maximum atomic E-state index is 5.85. The number of nitrogens with zero attached hydrogens (tertiary/aromatic N) is 1. The molecule has 3 aromatic rings. The van der Waals surface area contributed by atoms with Gasteiger partial charge in [-0.15, -0.1) is 11.3 Å². The van der Waals surface area contributed by atoms with Gasteiger partial charge in [0.25, 0.3) is 0 Å². The van der Waals surface area contributed by atoms with Gasteiger partial charge in [0, 0.05) is 29.4 Å². The highest BCUT2D eigenvalue weighted by Crippen LogP contribution is 2.26. The zero-order valence-electron chi connectivity index (χ0n) is 11.1. The Morgan fingerprint density at radius 2 is 1.95 bits per heavy atom. The standard InChI is InChI=1S/C16H16N2OS/c17-10-12-11-18-16(15-6-2-1-5-14(12)15)19-8-7-13-4-3-9-20-13/h1-6,9,11H,7-8,10,17H2. The first-order valence-corrected chi connectivity index (χ1v) is 7.48. The fourth-order valence-corrected chi connectivity index (χ4v) is 2.90. The van der Waals surface area contributed by atoms with Crippen molar-refractivity contribution in [1.29, 1.82) is 0 Å². The summed E-state index contributed by atoms with van der Waals surface area (Å²) in [6.07, 6.45) is 2.72. The van der Waals surface area contributed by atoms with Crippen LogP contribution in [-0.4, -0.2) is 11.6 Å². The molecular weight excluding hydrogens is 268 g/mol. The van der Waals surface area contributed by atoms with E-state index in [0.717, 1.165) is 22.8 Å². The number of aromatic nitrogens is 1. The molecular formula is C16H16N2OS. The van der Waals surface area contributed by atoms with E-state index in [1.54, 1.807) is 11.3 Å². The molecule has 0 amide bonds. The first-order chi connectivity index (χ1) is 9.88. The number of pyridine rings is 1. The van der Waals surface area contributed by atoms with Crippen LogP contribution in [0.5, 0.6) is 5.88 Å². The number of ether oxygens (including phenoxy) is 1. The van der Waals surface area contributed by atoms with E-state index in [1.165, 1.54) is 4.88 Å². The van der Waals surface area contributed by atoms with Gasteiger partial charge in [0.15, 0.2) is 0 Å². The minimum Gasteiger partial charge on any atom is -0.477 e. The minimum atomic E-state index is 0.489. The second-order valence-corrected chi connectivity index (χ2v) is 5.55. The number of hydrogen-bond donors (Lipinski definition) is 1. The van der Waals surface area contributed by atoms with Crippen LogP contribution in [0, 0.1) is 0 Å². The molecule has 0 bridgehead atoms. The van der Waals surface area contributed by atoms with Crippen LogP contribution in [0.3, 0.4) is 0 Å². The lowest BCUT2D eigenvalue weighted by molar-refractivity contribution is 0.314. The lowest BCUT2D eigenvalue weighted by Crippen LogP contribution is -2.04. The van der Waals surface area contributed by atoms with Crippen molar-refractivity contribution in [2.75, 3.05) is 6.61 Å². The highest BCUT2D eigenvalue weighted by Gasteiger charge is 2.07. The molecule has 102 valence electrons. The monoisotopic (exact) mass is 284 g/mol. The summed E-state index contributed by atoms with van der Waals surface area (Å²) < 4.78 is 5.85. The molecule has 2 heterocycles. The normalized spacial score (nSPS) is 10.8. The summed E-state index contributed by atoms with van der Waals surface area (Å²) in [7, 11) is 0. The smallest absolute Gasteiger partial charge is 0.221 e. The largest absolute Gasteiger partial charge is 0.477 e. The molecule has 0 fully saturated rings. The van der Waals surface area contributed by atoms with Crippen LogP contribution in [0.15, 0.2) is 48.0 Å². The number of nitrogens with two attached hydrogens (primary N) is 1. The van der Waals surface area contributed by atoms with E-state index in [2.05, 4.69) is 28.6 Å². The van der Waals surface area contributed by atoms with E-state index in [4.69, 9.17) is 10.5 Å². The van der Waals surface area contributed by atoms with Crippen LogP contribution in [-0.2, 0) is 13.0 Å². The third-order valence-corrected chi connectivity index (χ3v) is 4.16. The van der Waals surface area contributed by atoms with Crippen molar-refractivity contribution in [1.82, 2.24) is 4.98 Å². The summed E-state index contributed by atoms with van der Waals surface area (Å²) >= 11 is 1.75. The Bertz CT molecular complexity index is 695. The Balaban J connectivity index is 1.81. The van der Waals surface area contributed by atoms with Crippen molar-refractivity contribution in [3.8, 4) is 5.88 Å². The van der Waals surface area contributed by atoms with Crippen molar-refractivity contribution in [3.05, 3.63) is 58.4 Å². The molecule has 3 rings (SSSR count). The summed E-state index contributed by atoms with van der Waals surface area (Å²) in [6.45, 7) is 1.13. The van der Waals surface area contributed by atoms with Crippen LogP contribution >= 0.6 is 11.3 Å². The molecule has 0 aliphatic carbocycles. The Kier molecular flexibility index (Phi) is 3.95. The van der Waals surface area contributed by atoms with Crippen LogP contribution in [0.25, 0.3) is 10.8 Å². The molecule has 2 N–H and O–H groups in total. The van der Waals surface area contributed by atoms with Crippen molar-refractivity contribution in [3.63, 3.8) is 0 Å². The van der Waals surface area contributed by atoms with Gasteiger partial charge in [0.05, 0.1) is 6.61 Å². The molecule has 0 aliphatic rings. The van der Waals surface area contributed by atoms with Gasteiger partial charge < -0.3 is 10.5 Å². The van der Waals surface area contributed by atoms with Crippen molar-refractivity contribution < 1.29 is 4.74 Å². The zero-order valence-corrected chi connectivity index (χ0v) is 11.9. The minimum absolute atomic E-state index is 0.489. The summed E-state index contributed by atoms with van der Waals surface area (Å²) in [5, 5.41) is 4.23. The van der Waals surface area contributed by atoms with E-state index in [-0.39, 0.29) is 0 Å². The second kappa shape index (κ2) is 6.03. The Hall–Kier alpha value is -1.91. The highest BCUT2D eigenvalue weighted by atomic mass is 32.1. The summed E-state index contributed by atoms with van der Waals surface area (Å²) in [5.74, 6) is 0.689. The number of fused-ring (bicyclic) bond motifs is 1. The van der Waals surface area contributed by atoms with Crippen molar-refractivity contribution >= 4 is 22.1 Å². The fraction of sp³-hybridized carbons (Fsp3) is 0.188. The highest BCUT2D eigenvalue weighted by molar-refractivity contribution is 7.09. The lowest BCUT2D eigenvalue weighted by atomic mass is 10.1. The maximum Gasteiger partial charge on any atom is 0.221 e. The Labute approximate surface area is 122 Å². The third-order valence-electron chi connectivity index (χ3n) is 3.23. The van der Waals surface area contributed by atoms with Gasteiger partial charge in [-0.25, -0.2) is 4.98 Å². The average Bonchev–Trinajstić information content (AvgIpc) is 3.01. The van der Waals surface area contributed by atoms with E-state index in [1.807, 2.05) is 24.4 Å². The zero-order chi connectivity index (χ0) is 13.8. The third kappa shape index (κ3) is 2.66. The summed E-state index contributed by atoms with van der Waals surface area (Å²) in [4.78, 5) is 5.72. The summed E-state index contributed by atoms with van der Waals surface area (Å²) in [6, 6.07) is 12.3. The van der Waals surface area contributed by atoms with Crippen molar-refractivity contribution in [2.24, 2.45) is 5.73 Å². The molecule has 1 aromatic carbocycles. The fourth-order valence-electron chi connectivity index (χ4n) is 2.21. The van der Waals surface area contributed by atoms with Crippen LogP contribution < -0.4 is 10.5 Å². The first kappa shape index (κ1) is 13.1. The van der Waals surface area contributed by atoms with Gasteiger partial charge in [0.2, 0.25) is 5.88 Å². The molecule has 0 aliphatic heterocycles. The van der Waals surface area contributed by atoms with Crippen LogP contribution in [0.4, 0.5) is 0 Å². The van der Waals surface area contributed by atoms with Gasteiger partial charge in [-0.3, -0.25) is 0 Å². The van der Waals surface area contributed by atoms with Crippen LogP contribution in [0.1, 0.15) is 10.4 Å². The second-order valence-electron chi connectivity index (χ2n) is 4.52. The topological polar surface area (TPSA) is 48.1 Å². The van der Waals surface area contributed by atoms with Gasteiger partial charge in [-0.05, 0) is 28.5 Å². The van der Waals surface area contributed by atoms with E-state index in [9.17, 15) is 0 Å². The predicted molar refractivity (Wildman–Crippen MR) is 83.2 cm³/mol. The van der Waals surface area contributed by atoms with E-state index in [0.29, 0.717) is 19.0 Å². The molecule has 2 aromatic heterocycles. The number of thiophene rings is 1. The number of rotatable bonds is 5. The quantitative estimate of drug-likeness (QED) is 0.781. The molecule has 0 atom stereocenters. The van der Waals surface area contributed by atoms with Gasteiger partial charge in [-0.1, -0.05) is 24.3 Å². The van der Waals surface area contributed by atoms with E-state index >= 15 is 0 Å². The Morgan fingerprint density at radius 3 is 2.70 bits per heavy atom. The molecule has 3 nitrogen and oxygen atoms in total. The molecule has 0 saturated heterocycles. The molecule has 0 radical (unpaired) electrons. The molecule has 0 spiro atoms. The molecule has 20 heavy (non-hydrogen) atoms. The predicted octanol–water partition coefficient (Wildman–Crippen LogP) is 3.38. The van der Waals surface area contributed by atoms with Gasteiger partial charge in [-0.2, -0.15) is 0 Å². The van der Waals surface area contributed by atoms with Gasteiger partial charge in [0.1, 0.15) is 0 Å². The Morgan fingerprint density at radius 1 is 1.10 bits per heavy atom. The van der Waals surface area contributed by atoms with Crippen molar-refractivity contribution in [2.45, 2.75) is 13.0 Å². The molecule has 4 heteroatoms. The first-order valence-electron chi connectivity index (χ1n) is 6.60. The average molecular weight is 284 g/mol. The van der Waals surface area contributed by atoms with Crippen LogP contribution in [0.2, 0.25) is 0 Å². The SMILES string of the molecule is NCc1cnc(OCCc2cccs2)c2ccccc12. The molecule has 0 saturated carbocycles. The molecule has 0 unspecified atom stereocenters.